The highest BCUT2D eigenvalue weighted by Crippen LogP contribution is 2.15. The zero-order chi connectivity index (χ0) is 18.5. The van der Waals surface area contributed by atoms with E-state index in [0.717, 1.165) is 22.4 Å². The van der Waals surface area contributed by atoms with Crippen LogP contribution in [0, 0.1) is 13.8 Å². The van der Waals surface area contributed by atoms with E-state index < -0.39 is 0 Å². The van der Waals surface area contributed by atoms with Gasteiger partial charge in [-0.1, -0.05) is 29.8 Å². The number of rotatable bonds is 5. The van der Waals surface area contributed by atoms with Gasteiger partial charge in [0.05, 0.1) is 0 Å². The van der Waals surface area contributed by atoms with E-state index >= 15 is 0 Å². The Morgan fingerprint density at radius 3 is 2.42 bits per heavy atom. The number of carbonyl (C=O) groups excluding carboxylic acids is 1. The van der Waals surface area contributed by atoms with Gasteiger partial charge in [0.15, 0.2) is 0 Å². The van der Waals surface area contributed by atoms with E-state index in [1.165, 1.54) is 0 Å². The Morgan fingerprint density at radius 1 is 1.04 bits per heavy atom. The van der Waals surface area contributed by atoms with Crippen molar-refractivity contribution >= 4 is 29.1 Å². The number of nitrogens with zero attached hydrogens (tertiary/aromatic N) is 2. The Bertz CT molecular complexity index is 905. The smallest absolute Gasteiger partial charge is 0.274 e. The summed E-state index contributed by atoms with van der Waals surface area (Å²) in [5, 5.41) is 6.68. The molecule has 5 nitrogen and oxygen atoms in total. The number of anilines is 2. The molecule has 2 N–H and O–H groups in total. The first-order chi connectivity index (χ1) is 12.5. The second-order valence-electron chi connectivity index (χ2n) is 6.08. The zero-order valence-electron chi connectivity index (χ0n) is 14.6. The predicted molar refractivity (Wildman–Crippen MR) is 105 cm³/mol. The molecule has 3 rings (SSSR count). The van der Waals surface area contributed by atoms with Gasteiger partial charge in [-0.25, -0.2) is 9.97 Å². The van der Waals surface area contributed by atoms with Gasteiger partial charge in [0.25, 0.3) is 5.91 Å². The van der Waals surface area contributed by atoms with Crippen LogP contribution in [0.5, 0.6) is 0 Å². The first-order valence-corrected chi connectivity index (χ1v) is 8.58. The molecule has 0 saturated carbocycles. The fourth-order valence-corrected chi connectivity index (χ4v) is 2.72. The van der Waals surface area contributed by atoms with E-state index in [0.29, 0.717) is 23.2 Å². The molecule has 0 aliphatic rings. The standard InChI is InChI=1S/C20H19ClN4O/c1-13-9-14(2)11-17(10-13)24-19(26)18-7-8-22-20(25-18)23-12-15-3-5-16(21)6-4-15/h3-11H,12H2,1-2H3,(H,24,26)(H,22,23,25). The molecular formula is C20H19ClN4O. The number of nitrogens with one attached hydrogen (secondary N) is 2. The fraction of sp³-hybridized carbons (Fsp3) is 0.150. The van der Waals surface area contributed by atoms with Gasteiger partial charge in [-0.3, -0.25) is 4.79 Å². The average Bonchev–Trinajstić information content (AvgIpc) is 2.60. The monoisotopic (exact) mass is 366 g/mol. The Balaban J connectivity index is 1.67. The number of carbonyl (C=O) groups is 1. The van der Waals surface area contributed by atoms with Gasteiger partial charge in [-0.05, 0) is 60.9 Å². The second kappa shape index (κ2) is 7.97. The quantitative estimate of drug-likeness (QED) is 0.691. The first kappa shape index (κ1) is 17.9. The van der Waals surface area contributed by atoms with Crippen LogP contribution in [0.15, 0.2) is 54.7 Å². The molecule has 1 heterocycles. The van der Waals surface area contributed by atoms with Crippen LogP contribution in [0.2, 0.25) is 5.02 Å². The topological polar surface area (TPSA) is 66.9 Å². The molecule has 26 heavy (non-hydrogen) atoms. The largest absolute Gasteiger partial charge is 0.350 e. The average molecular weight is 367 g/mol. The summed E-state index contributed by atoms with van der Waals surface area (Å²) in [4.78, 5) is 20.9. The summed E-state index contributed by atoms with van der Waals surface area (Å²) < 4.78 is 0. The van der Waals surface area contributed by atoms with Gasteiger partial charge in [0, 0.05) is 23.5 Å². The van der Waals surface area contributed by atoms with Gasteiger partial charge in [-0.2, -0.15) is 0 Å². The second-order valence-corrected chi connectivity index (χ2v) is 6.51. The normalized spacial score (nSPS) is 10.4. The van der Waals surface area contributed by atoms with Gasteiger partial charge in [0.2, 0.25) is 5.95 Å². The van der Waals surface area contributed by atoms with Crippen molar-refractivity contribution in [2.24, 2.45) is 0 Å². The molecule has 1 amide bonds. The molecule has 0 bridgehead atoms. The minimum absolute atomic E-state index is 0.271. The minimum atomic E-state index is -0.271. The molecule has 0 fully saturated rings. The summed E-state index contributed by atoms with van der Waals surface area (Å²) in [7, 11) is 0. The van der Waals surface area contributed by atoms with Gasteiger partial charge >= 0.3 is 0 Å². The first-order valence-electron chi connectivity index (χ1n) is 8.20. The highest BCUT2D eigenvalue weighted by Gasteiger charge is 2.10. The Morgan fingerprint density at radius 2 is 1.73 bits per heavy atom. The number of benzene rings is 2. The third kappa shape index (κ3) is 4.80. The van der Waals surface area contributed by atoms with Crippen molar-refractivity contribution in [3.8, 4) is 0 Å². The summed E-state index contributed by atoms with van der Waals surface area (Å²) in [6.45, 7) is 4.53. The Labute approximate surface area is 157 Å². The van der Waals surface area contributed by atoms with E-state index in [4.69, 9.17) is 11.6 Å². The van der Waals surface area contributed by atoms with Crippen LogP contribution in [0.1, 0.15) is 27.2 Å². The number of aryl methyl sites for hydroxylation is 2. The van der Waals surface area contributed by atoms with Gasteiger partial charge < -0.3 is 10.6 Å². The van der Waals surface area contributed by atoms with Crippen LogP contribution in [0.4, 0.5) is 11.6 Å². The van der Waals surface area contributed by atoms with Crippen molar-refractivity contribution < 1.29 is 4.79 Å². The van der Waals surface area contributed by atoms with Gasteiger partial charge in [0.1, 0.15) is 5.69 Å². The molecule has 1 aromatic heterocycles. The maximum absolute atomic E-state index is 12.5. The van der Waals surface area contributed by atoms with E-state index in [-0.39, 0.29) is 5.91 Å². The molecule has 0 aliphatic carbocycles. The highest BCUT2D eigenvalue weighted by atomic mass is 35.5. The Kier molecular flexibility index (Phi) is 5.49. The molecule has 0 spiro atoms. The lowest BCUT2D eigenvalue weighted by atomic mass is 10.1. The molecular weight excluding hydrogens is 348 g/mol. The SMILES string of the molecule is Cc1cc(C)cc(NC(=O)c2ccnc(NCc3ccc(Cl)cc3)n2)c1. The van der Waals surface area contributed by atoms with Crippen LogP contribution < -0.4 is 10.6 Å². The van der Waals surface area contributed by atoms with Crippen molar-refractivity contribution in [3.05, 3.63) is 82.1 Å². The van der Waals surface area contributed by atoms with Gasteiger partial charge in [-0.15, -0.1) is 0 Å². The molecule has 0 aliphatic heterocycles. The Hall–Kier alpha value is -2.92. The summed E-state index contributed by atoms with van der Waals surface area (Å²) >= 11 is 5.88. The molecule has 0 radical (unpaired) electrons. The number of amides is 1. The number of aromatic nitrogens is 2. The summed E-state index contributed by atoms with van der Waals surface area (Å²) in [5.41, 5.74) is 4.28. The van der Waals surface area contributed by atoms with Crippen LogP contribution in [-0.2, 0) is 6.54 Å². The maximum atomic E-state index is 12.5. The lowest BCUT2D eigenvalue weighted by molar-refractivity contribution is 0.102. The van der Waals surface area contributed by atoms with Crippen LogP contribution in [0.25, 0.3) is 0 Å². The van der Waals surface area contributed by atoms with Crippen LogP contribution in [0.3, 0.4) is 0 Å². The zero-order valence-corrected chi connectivity index (χ0v) is 15.3. The van der Waals surface area contributed by atoms with E-state index in [1.807, 2.05) is 50.2 Å². The summed E-state index contributed by atoms with van der Waals surface area (Å²) in [6.07, 6.45) is 1.56. The molecule has 2 aromatic carbocycles. The summed E-state index contributed by atoms with van der Waals surface area (Å²) in [5.74, 6) is 0.125. The predicted octanol–water partition coefficient (Wildman–Crippen LogP) is 4.61. The highest BCUT2D eigenvalue weighted by molar-refractivity contribution is 6.30. The van der Waals surface area contributed by atoms with Crippen LogP contribution in [-0.4, -0.2) is 15.9 Å². The minimum Gasteiger partial charge on any atom is -0.350 e. The molecule has 132 valence electrons. The third-order valence-corrected chi connectivity index (χ3v) is 3.98. The number of hydrogen-bond acceptors (Lipinski definition) is 4. The maximum Gasteiger partial charge on any atom is 0.274 e. The molecule has 3 aromatic rings. The van der Waals surface area contributed by atoms with E-state index in [2.05, 4.69) is 26.7 Å². The van der Waals surface area contributed by atoms with E-state index in [1.54, 1.807) is 12.3 Å². The van der Waals surface area contributed by atoms with Crippen LogP contribution >= 0.6 is 11.6 Å². The summed E-state index contributed by atoms with van der Waals surface area (Å²) in [6, 6.07) is 15.0. The lowest BCUT2D eigenvalue weighted by Crippen LogP contribution is -2.15. The van der Waals surface area contributed by atoms with Crippen molar-refractivity contribution in [2.75, 3.05) is 10.6 Å². The lowest BCUT2D eigenvalue weighted by Gasteiger charge is -2.09. The molecule has 0 saturated heterocycles. The van der Waals surface area contributed by atoms with Crippen molar-refractivity contribution in [1.82, 2.24) is 9.97 Å². The molecule has 6 heteroatoms. The number of hydrogen-bond donors (Lipinski definition) is 2. The van der Waals surface area contributed by atoms with E-state index in [9.17, 15) is 4.79 Å². The van der Waals surface area contributed by atoms with Crippen molar-refractivity contribution in [2.45, 2.75) is 20.4 Å². The fourth-order valence-electron chi connectivity index (χ4n) is 2.60. The third-order valence-electron chi connectivity index (χ3n) is 3.73. The molecule has 0 unspecified atom stereocenters. The number of halogens is 1. The van der Waals surface area contributed by atoms with Crippen molar-refractivity contribution in [3.63, 3.8) is 0 Å². The van der Waals surface area contributed by atoms with Crippen molar-refractivity contribution in [1.29, 1.82) is 0 Å². The molecule has 0 atom stereocenters.